The fourth-order valence-electron chi connectivity index (χ4n) is 5.07. The normalized spacial score (nSPS) is 20.2. The van der Waals surface area contributed by atoms with E-state index in [1.54, 1.807) is 29.0 Å². The zero-order valence-corrected chi connectivity index (χ0v) is 18.2. The Morgan fingerprint density at radius 2 is 2.00 bits per heavy atom. The molecule has 0 unspecified atom stereocenters. The van der Waals surface area contributed by atoms with Crippen molar-refractivity contribution in [3.8, 4) is 0 Å². The van der Waals surface area contributed by atoms with Crippen molar-refractivity contribution >= 4 is 28.4 Å². The first-order valence-electron chi connectivity index (χ1n) is 10.9. The van der Waals surface area contributed by atoms with Crippen LogP contribution >= 0.6 is 0 Å². The number of non-ortho nitro benzene ring substituents is 1. The molecule has 0 spiro atoms. The van der Waals surface area contributed by atoms with Gasteiger partial charge in [-0.25, -0.2) is 0 Å². The number of H-pyrrole nitrogens is 1. The number of carbonyl (C=O) groups excluding carboxylic acids is 2. The van der Waals surface area contributed by atoms with Crippen LogP contribution in [0.2, 0.25) is 0 Å². The molecule has 1 saturated heterocycles. The Balaban J connectivity index is 1.63. The smallest absolute Gasteiger partial charge is 0.269 e. The Morgan fingerprint density at radius 1 is 1.18 bits per heavy atom. The summed E-state index contributed by atoms with van der Waals surface area (Å²) in [6.45, 7) is 0.945. The number of nitro groups is 1. The molecule has 0 radical (unpaired) electrons. The highest BCUT2D eigenvalue weighted by molar-refractivity contribution is 5.97. The lowest BCUT2D eigenvalue weighted by atomic mass is 9.86. The van der Waals surface area contributed by atoms with Gasteiger partial charge in [-0.1, -0.05) is 30.3 Å². The van der Waals surface area contributed by atoms with Gasteiger partial charge in [0.15, 0.2) is 0 Å². The SMILES string of the molecule is COCCCN1CC(=O)N2[C@H](c3cccc([N+](=O)[O-])c3)c3[nH]c4ccccc4c3C[C@H]2C1=O. The van der Waals surface area contributed by atoms with Crippen LogP contribution in [0.4, 0.5) is 5.69 Å². The molecule has 2 amide bonds. The number of hydrogen-bond donors (Lipinski definition) is 1. The van der Waals surface area contributed by atoms with Gasteiger partial charge in [-0.3, -0.25) is 19.7 Å². The number of nitrogens with one attached hydrogen (secondary N) is 1. The third-order valence-corrected chi connectivity index (χ3v) is 6.52. The molecule has 3 heterocycles. The van der Waals surface area contributed by atoms with Crippen LogP contribution in [-0.4, -0.2) is 64.4 Å². The number of carbonyl (C=O) groups is 2. The van der Waals surface area contributed by atoms with E-state index in [9.17, 15) is 19.7 Å². The van der Waals surface area contributed by atoms with E-state index in [1.807, 2.05) is 24.3 Å². The summed E-state index contributed by atoms with van der Waals surface area (Å²) in [4.78, 5) is 44.5. The molecule has 2 aromatic carbocycles. The summed E-state index contributed by atoms with van der Waals surface area (Å²) in [6, 6.07) is 12.9. The molecule has 33 heavy (non-hydrogen) atoms. The highest BCUT2D eigenvalue weighted by atomic mass is 16.6. The van der Waals surface area contributed by atoms with Gasteiger partial charge in [0.2, 0.25) is 11.8 Å². The van der Waals surface area contributed by atoms with E-state index >= 15 is 0 Å². The molecule has 2 atom stereocenters. The molecule has 9 heteroatoms. The van der Waals surface area contributed by atoms with E-state index in [0.29, 0.717) is 31.6 Å². The first-order chi connectivity index (χ1) is 16.0. The Kier molecular flexibility index (Phi) is 5.33. The molecule has 3 aromatic rings. The molecule has 2 aliphatic rings. The Bertz CT molecular complexity index is 1250. The van der Waals surface area contributed by atoms with Gasteiger partial charge in [0.05, 0.1) is 17.5 Å². The number of piperazine rings is 1. The zero-order chi connectivity index (χ0) is 23.1. The third kappa shape index (κ3) is 3.54. The highest BCUT2D eigenvalue weighted by Gasteiger charge is 2.48. The average molecular weight is 448 g/mol. The lowest BCUT2D eigenvalue weighted by Crippen LogP contribution is -2.63. The number of para-hydroxylation sites is 1. The Labute approximate surface area is 190 Å². The summed E-state index contributed by atoms with van der Waals surface area (Å²) in [5.74, 6) is -0.269. The van der Waals surface area contributed by atoms with Crippen molar-refractivity contribution in [2.45, 2.75) is 24.9 Å². The quantitative estimate of drug-likeness (QED) is 0.354. The minimum Gasteiger partial charge on any atom is -0.385 e. The van der Waals surface area contributed by atoms with Crippen molar-refractivity contribution in [2.75, 3.05) is 26.8 Å². The first-order valence-corrected chi connectivity index (χ1v) is 10.9. The molecule has 1 fully saturated rings. The van der Waals surface area contributed by atoms with Crippen LogP contribution < -0.4 is 0 Å². The van der Waals surface area contributed by atoms with Crippen LogP contribution in [-0.2, 0) is 20.7 Å². The van der Waals surface area contributed by atoms with Crippen LogP contribution in [0.1, 0.15) is 29.3 Å². The molecule has 0 saturated carbocycles. The molecule has 1 aromatic heterocycles. The van der Waals surface area contributed by atoms with Crippen LogP contribution in [0.3, 0.4) is 0 Å². The number of nitro benzene ring substituents is 1. The fraction of sp³-hybridized carbons (Fsp3) is 0.333. The third-order valence-electron chi connectivity index (χ3n) is 6.52. The van der Waals surface area contributed by atoms with Crippen LogP contribution in [0.25, 0.3) is 10.9 Å². The second-order valence-corrected chi connectivity index (χ2v) is 8.44. The molecule has 0 bridgehead atoms. The summed E-state index contributed by atoms with van der Waals surface area (Å²) < 4.78 is 5.10. The van der Waals surface area contributed by atoms with E-state index in [0.717, 1.165) is 22.2 Å². The van der Waals surface area contributed by atoms with Crippen LogP contribution in [0, 0.1) is 10.1 Å². The molecular formula is C24H24N4O5. The molecule has 0 aliphatic carbocycles. The van der Waals surface area contributed by atoms with Crippen molar-refractivity contribution in [3.05, 3.63) is 75.5 Å². The van der Waals surface area contributed by atoms with E-state index in [2.05, 4.69) is 4.98 Å². The predicted octanol–water partition coefficient (Wildman–Crippen LogP) is 2.80. The van der Waals surface area contributed by atoms with Gasteiger partial charge in [0.25, 0.3) is 5.69 Å². The monoisotopic (exact) mass is 448 g/mol. The van der Waals surface area contributed by atoms with E-state index in [-0.39, 0.29) is 24.0 Å². The Morgan fingerprint density at radius 3 is 2.79 bits per heavy atom. The van der Waals surface area contributed by atoms with Gasteiger partial charge in [-0.2, -0.15) is 0 Å². The topological polar surface area (TPSA) is 109 Å². The van der Waals surface area contributed by atoms with Crippen molar-refractivity contribution in [1.29, 1.82) is 0 Å². The highest BCUT2D eigenvalue weighted by Crippen LogP contribution is 2.43. The number of aromatic nitrogens is 1. The average Bonchev–Trinajstić information content (AvgIpc) is 3.19. The van der Waals surface area contributed by atoms with Gasteiger partial charge < -0.3 is 19.5 Å². The Hall–Kier alpha value is -3.72. The van der Waals surface area contributed by atoms with Crippen molar-refractivity contribution in [1.82, 2.24) is 14.8 Å². The number of aromatic amines is 1. The van der Waals surface area contributed by atoms with E-state index in [4.69, 9.17) is 4.74 Å². The number of hydrogen-bond acceptors (Lipinski definition) is 5. The minimum absolute atomic E-state index is 0.0139. The molecule has 170 valence electrons. The maximum absolute atomic E-state index is 13.5. The van der Waals surface area contributed by atoms with Crippen molar-refractivity contribution in [2.24, 2.45) is 0 Å². The maximum Gasteiger partial charge on any atom is 0.269 e. The molecule has 5 rings (SSSR count). The number of ether oxygens (including phenoxy) is 1. The minimum atomic E-state index is -0.662. The van der Waals surface area contributed by atoms with Gasteiger partial charge >= 0.3 is 0 Å². The van der Waals surface area contributed by atoms with Gasteiger partial charge in [-0.15, -0.1) is 0 Å². The summed E-state index contributed by atoms with van der Waals surface area (Å²) in [5.41, 5.74) is 3.25. The van der Waals surface area contributed by atoms with Gasteiger partial charge in [0.1, 0.15) is 6.04 Å². The largest absolute Gasteiger partial charge is 0.385 e. The van der Waals surface area contributed by atoms with E-state index < -0.39 is 17.0 Å². The summed E-state index contributed by atoms with van der Waals surface area (Å²) in [5, 5.41) is 12.4. The van der Waals surface area contributed by atoms with Gasteiger partial charge in [-0.05, 0) is 23.6 Å². The van der Waals surface area contributed by atoms with Crippen LogP contribution in [0.15, 0.2) is 48.5 Å². The number of amides is 2. The number of methoxy groups -OCH3 is 1. The number of nitrogens with zero attached hydrogens (tertiary/aromatic N) is 3. The van der Waals surface area contributed by atoms with E-state index in [1.165, 1.54) is 12.1 Å². The van der Waals surface area contributed by atoms with Crippen molar-refractivity contribution in [3.63, 3.8) is 0 Å². The molecule has 9 nitrogen and oxygen atoms in total. The summed E-state index contributed by atoms with van der Waals surface area (Å²) >= 11 is 0. The summed E-state index contributed by atoms with van der Waals surface area (Å²) in [7, 11) is 1.61. The van der Waals surface area contributed by atoms with Crippen molar-refractivity contribution < 1.29 is 19.2 Å². The van der Waals surface area contributed by atoms with Crippen LogP contribution in [0.5, 0.6) is 0 Å². The summed E-state index contributed by atoms with van der Waals surface area (Å²) in [6.07, 6.45) is 1.05. The molecular weight excluding hydrogens is 424 g/mol. The predicted molar refractivity (Wildman–Crippen MR) is 121 cm³/mol. The molecule has 1 N–H and O–H groups in total. The fourth-order valence-corrected chi connectivity index (χ4v) is 5.07. The number of rotatable bonds is 6. The lowest BCUT2D eigenvalue weighted by Gasteiger charge is -2.47. The zero-order valence-electron chi connectivity index (χ0n) is 18.2. The second-order valence-electron chi connectivity index (χ2n) is 8.44. The number of fused-ring (bicyclic) bond motifs is 4. The lowest BCUT2D eigenvalue weighted by molar-refractivity contribution is -0.384. The molecule has 2 aliphatic heterocycles. The first kappa shape index (κ1) is 21.1. The maximum atomic E-state index is 13.5. The standard InChI is InChI=1S/C24H24N4O5/c1-33-11-5-10-26-14-21(29)27-20(24(26)30)13-18-17-8-2-3-9-19(17)25-22(18)23(27)15-6-4-7-16(12-15)28(31)32/h2-4,6-9,12,20,23,25H,5,10-11,13-14H2,1H3/t20-,23+/m0/s1. The number of benzene rings is 2. The second kappa shape index (κ2) is 8.32. The van der Waals surface area contributed by atoms with Gasteiger partial charge in [0, 0.05) is 55.4 Å².